The predicted molar refractivity (Wildman–Crippen MR) is 103 cm³/mol. The molecule has 0 atom stereocenters. The highest BCUT2D eigenvalue weighted by atomic mass is 79.9. The molecule has 0 unspecified atom stereocenters. The molecule has 5 nitrogen and oxygen atoms in total. The second-order valence-corrected chi connectivity index (χ2v) is 7.29. The molecule has 2 heterocycles. The van der Waals surface area contributed by atoms with Crippen LogP contribution < -0.4 is 10.3 Å². The maximum atomic E-state index is 12.7. The molecule has 0 saturated heterocycles. The van der Waals surface area contributed by atoms with Gasteiger partial charge in [-0.15, -0.1) is 0 Å². The van der Waals surface area contributed by atoms with E-state index in [-0.39, 0.29) is 5.56 Å². The maximum Gasteiger partial charge on any atom is 0.343 e. The van der Waals surface area contributed by atoms with Crippen molar-refractivity contribution in [2.75, 3.05) is 0 Å². The summed E-state index contributed by atoms with van der Waals surface area (Å²) in [6.45, 7) is 0.712. The summed E-state index contributed by atoms with van der Waals surface area (Å²) in [5, 5.41) is 0.537. The van der Waals surface area contributed by atoms with Gasteiger partial charge in [0.2, 0.25) is 0 Å². The first-order chi connectivity index (χ1) is 12.6. The van der Waals surface area contributed by atoms with E-state index < -0.39 is 5.97 Å². The summed E-state index contributed by atoms with van der Waals surface area (Å²) in [6.07, 6.45) is 3.92. The monoisotopic (exact) mass is 412 g/mol. The van der Waals surface area contributed by atoms with Gasteiger partial charge >= 0.3 is 5.97 Å². The largest absolute Gasteiger partial charge is 0.423 e. The third-order valence-corrected chi connectivity index (χ3v) is 5.05. The molecule has 132 valence electrons. The third-order valence-electron chi connectivity index (χ3n) is 4.56. The molecule has 0 amide bonds. The van der Waals surface area contributed by atoms with Crippen molar-refractivity contribution in [3.63, 3.8) is 0 Å². The van der Waals surface area contributed by atoms with E-state index in [1.54, 1.807) is 41.0 Å². The van der Waals surface area contributed by atoms with E-state index in [0.717, 1.165) is 36.0 Å². The zero-order valence-electron chi connectivity index (χ0n) is 14.1. The van der Waals surface area contributed by atoms with Crippen LogP contribution in [0.2, 0.25) is 0 Å². The Hall–Kier alpha value is -2.47. The van der Waals surface area contributed by atoms with Gasteiger partial charge in [-0.1, -0.05) is 28.4 Å². The van der Waals surface area contributed by atoms with Crippen molar-refractivity contribution >= 4 is 32.8 Å². The first-order valence-corrected chi connectivity index (χ1v) is 9.42. The summed E-state index contributed by atoms with van der Waals surface area (Å²) in [6, 6.07) is 12.0. The Morgan fingerprint density at radius 2 is 2.00 bits per heavy atom. The van der Waals surface area contributed by atoms with Crippen LogP contribution in [0.4, 0.5) is 0 Å². The summed E-state index contributed by atoms with van der Waals surface area (Å²) in [5.74, 6) is 0.791. The van der Waals surface area contributed by atoms with Crippen LogP contribution in [0.1, 0.15) is 35.4 Å². The number of aromatic nitrogens is 2. The number of benzene rings is 2. The first kappa shape index (κ1) is 17.0. The summed E-state index contributed by atoms with van der Waals surface area (Å²) in [5.41, 5.74) is 0.897. The number of hydrogen-bond donors (Lipinski definition) is 0. The van der Waals surface area contributed by atoms with Crippen LogP contribution in [0.3, 0.4) is 0 Å². The average Bonchev–Trinajstić information content (AvgIpc) is 2.87. The smallest absolute Gasteiger partial charge is 0.343 e. The molecule has 3 aromatic rings. The molecule has 0 fully saturated rings. The summed E-state index contributed by atoms with van der Waals surface area (Å²) < 4.78 is 8.02. The minimum Gasteiger partial charge on any atom is -0.423 e. The molecule has 0 saturated carbocycles. The molecule has 2 aromatic carbocycles. The highest BCUT2D eigenvalue weighted by Crippen LogP contribution is 2.20. The Balaban J connectivity index is 1.71. The molecular weight excluding hydrogens is 396 g/mol. The van der Waals surface area contributed by atoms with Crippen molar-refractivity contribution in [3.05, 3.63) is 68.7 Å². The van der Waals surface area contributed by atoms with Gasteiger partial charge in [-0.2, -0.15) is 0 Å². The van der Waals surface area contributed by atoms with Gasteiger partial charge in [0.05, 0.1) is 16.5 Å². The van der Waals surface area contributed by atoms with Crippen LogP contribution in [-0.2, 0) is 13.0 Å². The lowest BCUT2D eigenvalue weighted by molar-refractivity contribution is 0.0735. The molecule has 1 aliphatic rings. The van der Waals surface area contributed by atoms with Crippen molar-refractivity contribution in [2.45, 2.75) is 32.2 Å². The molecule has 4 rings (SSSR count). The van der Waals surface area contributed by atoms with Crippen LogP contribution in [0, 0.1) is 0 Å². The molecule has 0 radical (unpaired) electrons. The fourth-order valence-electron chi connectivity index (χ4n) is 3.24. The molecule has 0 spiro atoms. The molecular formula is C20H17BrN2O3. The van der Waals surface area contributed by atoms with E-state index in [1.807, 2.05) is 6.07 Å². The highest BCUT2D eigenvalue weighted by molar-refractivity contribution is 9.10. The van der Waals surface area contributed by atoms with Gasteiger partial charge in [-0.05, 0) is 49.2 Å². The van der Waals surface area contributed by atoms with Gasteiger partial charge in [-0.3, -0.25) is 9.36 Å². The Bertz CT molecular complexity index is 1060. The number of fused-ring (bicyclic) bond motifs is 2. The van der Waals surface area contributed by atoms with Gasteiger partial charge in [0.1, 0.15) is 11.6 Å². The topological polar surface area (TPSA) is 61.2 Å². The SMILES string of the molecule is O=C(Oc1cccc(Br)c1)c1ccc2c(=O)n3c(nc2c1)CCCCC3. The Morgan fingerprint density at radius 1 is 1.12 bits per heavy atom. The van der Waals surface area contributed by atoms with Crippen LogP contribution in [0.5, 0.6) is 5.75 Å². The Kier molecular flexibility index (Phi) is 4.59. The van der Waals surface area contributed by atoms with Gasteiger partial charge in [-0.25, -0.2) is 9.78 Å². The lowest BCUT2D eigenvalue weighted by atomic mass is 10.1. The summed E-state index contributed by atoms with van der Waals surface area (Å²) in [4.78, 5) is 29.8. The van der Waals surface area contributed by atoms with Gasteiger partial charge in [0, 0.05) is 17.4 Å². The minimum atomic E-state index is -0.471. The lowest BCUT2D eigenvalue weighted by Gasteiger charge is -2.11. The van der Waals surface area contributed by atoms with Crippen LogP contribution in [-0.4, -0.2) is 15.5 Å². The molecule has 0 N–H and O–H groups in total. The number of nitrogens with zero attached hydrogens (tertiary/aromatic N) is 2. The number of halogens is 1. The quantitative estimate of drug-likeness (QED) is 0.469. The van der Waals surface area contributed by atoms with Crippen molar-refractivity contribution in [3.8, 4) is 5.75 Å². The third kappa shape index (κ3) is 3.29. The zero-order chi connectivity index (χ0) is 18.1. The standard InChI is InChI=1S/C20H17BrN2O3/c21-14-5-4-6-15(12-14)26-20(25)13-8-9-16-17(11-13)22-18-7-2-1-3-10-23(18)19(16)24/h4-6,8-9,11-12H,1-3,7,10H2. The van der Waals surface area contributed by atoms with E-state index in [0.29, 0.717) is 28.8 Å². The second-order valence-electron chi connectivity index (χ2n) is 6.37. The Labute approximate surface area is 158 Å². The fraction of sp³-hybridized carbons (Fsp3) is 0.250. The summed E-state index contributed by atoms with van der Waals surface area (Å²) in [7, 11) is 0. The predicted octanol–water partition coefficient (Wildman–Crippen LogP) is 4.10. The lowest BCUT2D eigenvalue weighted by Crippen LogP contribution is -2.24. The normalized spacial score (nSPS) is 13.9. The number of rotatable bonds is 2. The Morgan fingerprint density at radius 3 is 2.85 bits per heavy atom. The molecule has 1 aliphatic heterocycles. The van der Waals surface area contributed by atoms with Gasteiger partial charge in [0.25, 0.3) is 5.56 Å². The maximum absolute atomic E-state index is 12.7. The molecule has 0 aliphatic carbocycles. The van der Waals surface area contributed by atoms with Gasteiger partial charge in [0.15, 0.2) is 0 Å². The van der Waals surface area contributed by atoms with E-state index in [9.17, 15) is 9.59 Å². The zero-order valence-corrected chi connectivity index (χ0v) is 15.7. The number of hydrogen-bond acceptors (Lipinski definition) is 4. The van der Waals surface area contributed by atoms with Crippen molar-refractivity contribution in [2.24, 2.45) is 0 Å². The van der Waals surface area contributed by atoms with Crippen molar-refractivity contribution < 1.29 is 9.53 Å². The fourth-order valence-corrected chi connectivity index (χ4v) is 3.62. The van der Waals surface area contributed by atoms with Crippen LogP contribution in [0.25, 0.3) is 10.9 Å². The highest BCUT2D eigenvalue weighted by Gasteiger charge is 2.16. The molecule has 1 aromatic heterocycles. The number of aryl methyl sites for hydroxylation is 1. The number of esters is 1. The number of carbonyl (C=O) groups excluding carboxylic acids is 1. The number of ether oxygens (including phenoxy) is 1. The molecule has 26 heavy (non-hydrogen) atoms. The van der Waals surface area contributed by atoms with Crippen LogP contribution in [0.15, 0.2) is 51.7 Å². The van der Waals surface area contributed by atoms with Crippen LogP contribution >= 0.6 is 15.9 Å². The number of carbonyl (C=O) groups is 1. The van der Waals surface area contributed by atoms with Crippen molar-refractivity contribution in [1.82, 2.24) is 9.55 Å². The van der Waals surface area contributed by atoms with E-state index in [1.165, 1.54) is 0 Å². The molecule has 0 bridgehead atoms. The first-order valence-electron chi connectivity index (χ1n) is 8.63. The van der Waals surface area contributed by atoms with E-state index in [4.69, 9.17) is 4.74 Å². The average molecular weight is 413 g/mol. The summed E-state index contributed by atoms with van der Waals surface area (Å²) >= 11 is 3.35. The minimum absolute atomic E-state index is 0.0289. The van der Waals surface area contributed by atoms with E-state index >= 15 is 0 Å². The van der Waals surface area contributed by atoms with Gasteiger partial charge < -0.3 is 4.74 Å². The molecule has 6 heteroatoms. The van der Waals surface area contributed by atoms with E-state index in [2.05, 4.69) is 20.9 Å². The van der Waals surface area contributed by atoms with Crippen molar-refractivity contribution in [1.29, 1.82) is 0 Å². The second kappa shape index (κ2) is 7.03.